The number of nitrogens with zero attached hydrogens (tertiary/aromatic N) is 1. The van der Waals surface area contributed by atoms with E-state index in [0.29, 0.717) is 6.54 Å². The van der Waals surface area contributed by atoms with Crippen molar-refractivity contribution in [3.63, 3.8) is 0 Å². The first-order valence-corrected chi connectivity index (χ1v) is 4.15. The van der Waals surface area contributed by atoms with Gasteiger partial charge < -0.3 is 14.3 Å². The van der Waals surface area contributed by atoms with E-state index in [9.17, 15) is 4.79 Å². The molecule has 0 aromatic carbocycles. The third kappa shape index (κ3) is 2.89. The van der Waals surface area contributed by atoms with Crippen molar-refractivity contribution in [3.05, 3.63) is 0 Å². The molecule has 0 aliphatic carbocycles. The summed E-state index contributed by atoms with van der Waals surface area (Å²) in [4.78, 5) is 12.6. The predicted molar refractivity (Wildman–Crippen MR) is 44.1 cm³/mol. The van der Waals surface area contributed by atoms with Crippen LogP contribution in [0.5, 0.6) is 0 Å². The maximum absolute atomic E-state index is 10.4. The van der Waals surface area contributed by atoms with Crippen LogP contribution in [0.4, 0.5) is 0 Å². The summed E-state index contributed by atoms with van der Waals surface area (Å²) in [6.07, 6.45) is 0.554. The monoisotopic (exact) mass is 173 g/mol. The summed E-state index contributed by atoms with van der Waals surface area (Å²) in [5.74, 6) is 0. The molecular formula is C8H15NO3. The Balaban J connectivity index is 2.22. The van der Waals surface area contributed by atoms with Crippen molar-refractivity contribution >= 4 is 6.29 Å². The number of hydrogen-bond acceptors (Lipinski definition) is 4. The van der Waals surface area contributed by atoms with E-state index in [-0.39, 0.29) is 6.10 Å². The van der Waals surface area contributed by atoms with Gasteiger partial charge in [-0.25, -0.2) is 0 Å². The fraction of sp³-hybridized carbons (Fsp3) is 0.875. The molecule has 0 N–H and O–H groups in total. The van der Waals surface area contributed by atoms with Crippen molar-refractivity contribution in [2.24, 2.45) is 0 Å². The number of methoxy groups -OCH3 is 1. The summed E-state index contributed by atoms with van der Waals surface area (Å²) < 4.78 is 10.1. The first-order valence-electron chi connectivity index (χ1n) is 4.15. The van der Waals surface area contributed by atoms with E-state index in [1.807, 2.05) is 0 Å². The first kappa shape index (κ1) is 9.64. The van der Waals surface area contributed by atoms with Crippen LogP contribution in [-0.2, 0) is 14.3 Å². The van der Waals surface area contributed by atoms with Crippen LogP contribution in [0.3, 0.4) is 0 Å². The van der Waals surface area contributed by atoms with Gasteiger partial charge in [-0.1, -0.05) is 0 Å². The van der Waals surface area contributed by atoms with Gasteiger partial charge in [0.15, 0.2) is 0 Å². The molecule has 0 aromatic heterocycles. The summed E-state index contributed by atoms with van der Waals surface area (Å²) in [6.45, 7) is 4.00. The largest absolute Gasteiger partial charge is 0.379 e. The molecule has 1 saturated heterocycles. The van der Waals surface area contributed by atoms with Gasteiger partial charge in [0.1, 0.15) is 12.4 Å². The highest BCUT2D eigenvalue weighted by atomic mass is 16.5. The van der Waals surface area contributed by atoms with Crippen LogP contribution in [0, 0.1) is 0 Å². The smallest absolute Gasteiger partial charge is 0.150 e. The maximum atomic E-state index is 10.4. The van der Waals surface area contributed by atoms with Gasteiger partial charge in [0.2, 0.25) is 0 Å². The second-order valence-corrected chi connectivity index (χ2v) is 2.82. The SMILES string of the molecule is COC(C=O)CN1CCOCC1. The maximum Gasteiger partial charge on any atom is 0.150 e. The highest BCUT2D eigenvalue weighted by Crippen LogP contribution is 1.98. The molecule has 1 aliphatic rings. The number of morpholine rings is 1. The van der Waals surface area contributed by atoms with Gasteiger partial charge in [-0.3, -0.25) is 4.90 Å². The summed E-state index contributed by atoms with van der Waals surface area (Å²) >= 11 is 0. The number of ether oxygens (including phenoxy) is 2. The van der Waals surface area contributed by atoms with Crippen LogP contribution in [0.1, 0.15) is 0 Å². The second-order valence-electron chi connectivity index (χ2n) is 2.82. The Morgan fingerprint density at radius 3 is 2.75 bits per heavy atom. The Bertz CT molecular complexity index is 134. The minimum Gasteiger partial charge on any atom is -0.379 e. The van der Waals surface area contributed by atoms with Gasteiger partial charge in [0, 0.05) is 26.7 Å². The normalized spacial score (nSPS) is 22.1. The van der Waals surface area contributed by atoms with E-state index in [1.54, 1.807) is 7.11 Å². The van der Waals surface area contributed by atoms with Crippen LogP contribution in [-0.4, -0.2) is 57.2 Å². The van der Waals surface area contributed by atoms with Crippen LogP contribution >= 0.6 is 0 Å². The fourth-order valence-electron chi connectivity index (χ4n) is 1.21. The number of aldehydes is 1. The first-order chi connectivity index (χ1) is 5.86. The van der Waals surface area contributed by atoms with E-state index in [2.05, 4.69) is 4.90 Å². The molecule has 0 saturated carbocycles. The topological polar surface area (TPSA) is 38.8 Å². The molecule has 1 aliphatic heterocycles. The lowest BCUT2D eigenvalue weighted by Crippen LogP contribution is -2.41. The standard InChI is InChI=1S/C8H15NO3/c1-11-8(7-10)6-9-2-4-12-5-3-9/h7-8H,2-6H2,1H3. The van der Waals surface area contributed by atoms with Crippen LogP contribution in [0.15, 0.2) is 0 Å². The molecular weight excluding hydrogens is 158 g/mol. The summed E-state index contributed by atoms with van der Waals surface area (Å²) in [5.41, 5.74) is 0. The Morgan fingerprint density at radius 2 is 2.25 bits per heavy atom. The average molecular weight is 173 g/mol. The quantitative estimate of drug-likeness (QED) is 0.539. The second kappa shape index (κ2) is 5.24. The zero-order valence-corrected chi connectivity index (χ0v) is 7.36. The van der Waals surface area contributed by atoms with Gasteiger partial charge in [0.05, 0.1) is 13.2 Å². The molecule has 0 radical (unpaired) electrons. The van der Waals surface area contributed by atoms with Crippen molar-refractivity contribution < 1.29 is 14.3 Å². The minimum absolute atomic E-state index is 0.289. The van der Waals surface area contributed by atoms with Crippen LogP contribution in [0.2, 0.25) is 0 Å². The minimum atomic E-state index is -0.289. The lowest BCUT2D eigenvalue weighted by Gasteiger charge is -2.27. The molecule has 0 aromatic rings. The Hall–Kier alpha value is -0.450. The van der Waals surface area contributed by atoms with Crippen molar-refractivity contribution in [2.45, 2.75) is 6.10 Å². The third-order valence-corrected chi connectivity index (χ3v) is 2.00. The molecule has 70 valence electrons. The Morgan fingerprint density at radius 1 is 1.58 bits per heavy atom. The van der Waals surface area contributed by atoms with E-state index in [4.69, 9.17) is 9.47 Å². The van der Waals surface area contributed by atoms with E-state index < -0.39 is 0 Å². The number of hydrogen-bond donors (Lipinski definition) is 0. The van der Waals surface area contributed by atoms with Gasteiger partial charge in [-0.2, -0.15) is 0 Å². The summed E-state index contributed by atoms with van der Waals surface area (Å²) in [5, 5.41) is 0. The number of rotatable bonds is 4. The molecule has 1 atom stereocenters. The molecule has 0 bridgehead atoms. The van der Waals surface area contributed by atoms with Crippen LogP contribution < -0.4 is 0 Å². The number of carbonyl (C=O) groups is 1. The average Bonchev–Trinajstić information content (AvgIpc) is 2.16. The molecule has 1 rings (SSSR count). The van der Waals surface area contributed by atoms with Gasteiger partial charge in [0.25, 0.3) is 0 Å². The lowest BCUT2D eigenvalue weighted by atomic mass is 10.3. The highest BCUT2D eigenvalue weighted by molar-refractivity contribution is 5.56. The number of carbonyl (C=O) groups excluding carboxylic acids is 1. The Kier molecular flexibility index (Phi) is 4.21. The highest BCUT2D eigenvalue weighted by Gasteiger charge is 2.15. The molecule has 1 unspecified atom stereocenters. The molecule has 4 heteroatoms. The molecule has 0 amide bonds. The fourth-order valence-corrected chi connectivity index (χ4v) is 1.21. The van der Waals surface area contributed by atoms with Crippen molar-refractivity contribution in [3.8, 4) is 0 Å². The molecule has 4 nitrogen and oxygen atoms in total. The summed E-state index contributed by atoms with van der Waals surface area (Å²) in [7, 11) is 1.56. The van der Waals surface area contributed by atoms with E-state index in [1.165, 1.54) is 0 Å². The molecule has 1 heterocycles. The summed E-state index contributed by atoms with van der Waals surface area (Å²) in [6, 6.07) is 0. The van der Waals surface area contributed by atoms with Crippen LogP contribution in [0.25, 0.3) is 0 Å². The van der Waals surface area contributed by atoms with Gasteiger partial charge in [-0.15, -0.1) is 0 Å². The molecule has 1 fully saturated rings. The molecule has 12 heavy (non-hydrogen) atoms. The van der Waals surface area contributed by atoms with Crippen molar-refractivity contribution in [1.29, 1.82) is 0 Å². The van der Waals surface area contributed by atoms with Crippen molar-refractivity contribution in [2.75, 3.05) is 40.0 Å². The zero-order chi connectivity index (χ0) is 8.81. The van der Waals surface area contributed by atoms with E-state index >= 15 is 0 Å². The van der Waals surface area contributed by atoms with E-state index in [0.717, 1.165) is 32.6 Å². The van der Waals surface area contributed by atoms with Gasteiger partial charge in [-0.05, 0) is 0 Å². The van der Waals surface area contributed by atoms with Crippen molar-refractivity contribution in [1.82, 2.24) is 4.90 Å². The zero-order valence-electron chi connectivity index (χ0n) is 7.36. The third-order valence-electron chi connectivity index (χ3n) is 2.00. The molecule has 0 spiro atoms. The van der Waals surface area contributed by atoms with Gasteiger partial charge >= 0.3 is 0 Å². The Labute approximate surface area is 72.4 Å². The predicted octanol–water partition coefficient (Wildman–Crippen LogP) is -0.467. The lowest BCUT2D eigenvalue weighted by molar-refractivity contribution is -0.118.